The van der Waals surface area contributed by atoms with E-state index in [1.807, 2.05) is 0 Å². The Morgan fingerprint density at radius 3 is 1.92 bits per heavy atom. The van der Waals surface area contributed by atoms with Crippen LogP contribution in [-0.2, 0) is 0 Å². The van der Waals surface area contributed by atoms with E-state index in [0.29, 0.717) is 0 Å². The third-order valence-electron chi connectivity index (χ3n) is 2.56. The fourth-order valence-corrected chi connectivity index (χ4v) is 1.42. The van der Waals surface area contributed by atoms with Gasteiger partial charge in [0.15, 0.2) is 0 Å². The van der Waals surface area contributed by atoms with Crippen molar-refractivity contribution < 1.29 is 0 Å². The zero-order valence-electron chi connectivity index (χ0n) is 9.35. The van der Waals surface area contributed by atoms with Crippen molar-refractivity contribution in [2.75, 3.05) is 6.54 Å². The molecule has 2 atom stereocenters. The van der Waals surface area contributed by atoms with E-state index in [9.17, 15) is 0 Å². The summed E-state index contributed by atoms with van der Waals surface area (Å²) in [6, 6.07) is 0.720. The van der Waals surface area contributed by atoms with E-state index < -0.39 is 0 Å². The highest BCUT2D eigenvalue weighted by Gasteiger charge is 2.12. The summed E-state index contributed by atoms with van der Waals surface area (Å²) in [6.45, 7) is 12.5. The van der Waals surface area contributed by atoms with E-state index >= 15 is 0 Å². The lowest BCUT2D eigenvalue weighted by Gasteiger charge is -2.23. The Morgan fingerprint density at radius 1 is 1.00 bits per heavy atom. The van der Waals surface area contributed by atoms with E-state index in [-0.39, 0.29) is 0 Å². The summed E-state index contributed by atoms with van der Waals surface area (Å²) in [5, 5.41) is 3.62. The van der Waals surface area contributed by atoms with Crippen molar-refractivity contribution in [3.8, 4) is 0 Å². The van der Waals surface area contributed by atoms with Gasteiger partial charge in [-0.25, -0.2) is 0 Å². The van der Waals surface area contributed by atoms with Gasteiger partial charge in [-0.1, -0.05) is 41.0 Å². The first-order valence-electron chi connectivity index (χ1n) is 5.35. The van der Waals surface area contributed by atoms with Crippen molar-refractivity contribution in [3.63, 3.8) is 0 Å². The largest absolute Gasteiger partial charge is 0.313 e. The van der Waals surface area contributed by atoms with Gasteiger partial charge in [-0.2, -0.15) is 0 Å². The molecule has 12 heavy (non-hydrogen) atoms. The molecule has 2 unspecified atom stereocenters. The predicted molar refractivity (Wildman–Crippen MR) is 56.4 cm³/mol. The van der Waals surface area contributed by atoms with Gasteiger partial charge in [-0.15, -0.1) is 0 Å². The molecule has 0 heterocycles. The Hall–Kier alpha value is -0.0400. The lowest BCUT2D eigenvalue weighted by Crippen LogP contribution is -2.36. The number of nitrogens with one attached hydrogen (secondary N) is 1. The molecule has 0 bridgehead atoms. The first-order valence-corrected chi connectivity index (χ1v) is 5.35. The molecule has 0 aliphatic heterocycles. The van der Waals surface area contributed by atoms with Gasteiger partial charge in [0, 0.05) is 6.04 Å². The van der Waals surface area contributed by atoms with Gasteiger partial charge in [0.1, 0.15) is 0 Å². The predicted octanol–water partition coefficient (Wildman–Crippen LogP) is 3.06. The smallest absolute Gasteiger partial charge is 0.00900 e. The molecule has 0 fully saturated rings. The SMILES string of the molecule is CCC(C)C(CC)NCC(C)C. The zero-order chi connectivity index (χ0) is 9.56. The van der Waals surface area contributed by atoms with Gasteiger partial charge in [0.05, 0.1) is 0 Å². The average Bonchev–Trinajstić information content (AvgIpc) is 2.04. The monoisotopic (exact) mass is 171 g/mol. The van der Waals surface area contributed by atoms with Gasteiger partial charge < -0.3 is 5.32 Å². The quantitative estimate of drug-likeness (QED) is 0.647. The maximum Gasteiger partial charge on any atom is 0.00900 e. The highest BCUT2D eigenvalue weighted by molar-refractivity contribution is 4.71. The molecule has 0 aromatic rings. The van der Waals surface area contributed by atoms with Crippen molar-refractivity contribution in [1.29, 1.82) is 0 Å². The first kappa shape index (κ1) is 12.0. The molecule has 74 valence electrons. The molecular weight excluding hydrogens is 146 g/mol. The Labute approximate surface area is 77.9 Å². The van der Waals surface area contributed by atoms with E-state index in [4.69, 9.17) is 0 Å². The minimum atomic E-state index is 0.720. The molecule has 0 radical (unpaired) electrons. The normalized spacial score (nSPS) is 16.5. The fourth-order valence-electron chi connectivity index (χ4n) is 1.42. The van der Waals surface area contributed by atoms with Crippen LogP contribution in [0, 0.1) is 11.8 Å². The first-order chi connectivity index (χ1) is 5.61. The lowest BCUT2D eigenvalue weighted by molar-refractivity contribution is 0.342. The molecule has 0 saturated carbocycles. The molecular formula is C11H25N. The molecule has 0 saturated heterocycles. The molecule has 0 aromatic heterocycles. The molecule has 1 nitrogen and oxygen atoms in total. The maximum atomic E-state index is 3.62. The Balaban J connectivity index is 3.67. The molecule has 1 heteroatoms. The van der Waals surface area contributed by atoms with Crippen LogP contribution in [0.15, 0.2) is 0 Å². The minimum Gasteiger partial charge on any atom is -0.313 e. The lowest BCUT2D eigenvalue weighted by atomic mass is 9.96. The van der Waals surface area contributed by atoms with E-state index in [1.165, 1.54) is 12.8 Å². The van der Waals surface area contributed by atoms with Gasteiger partial charge >= 0.3 is 0 Å². The summed E-state index contributed by atoms with van der Waals surface area (Å²) in [5.74, 6) is 1.58. The molecule has 0 aliphatic carbocycles. The second-order valence-corrected chi connectivity index (χ2v) is 4.20. The van der Waals surface area contributed by atoms with Crippen LogP contribution in [0.3, 0.4) is 0 Å². The summed E-state index contributed by atoms with van der Waals surface area (Å²) < 4.78 is 0. The fraction of sp³-hybridized carbons (Fsp3) is 1.00. The van der Waals surface area contributed by atoms with Crippen LogP contribution in [0.2, 0.25) is 0 Å². The van der Waals surface area contributed by atoms with Crippen LogP contribution < -0.4 is 5.32 Å². The second-order valence-electron chi connectivity index (χ2n) is 4.20. The zero-order valence-corrected chi connectivity index (χ0v) is 9.35. The Kier molecular flexibility index (Phi) is 6.45. The van der Waals surface area contributed by atoms with Crippen molar-refractivity contribution in [3.05, 3.63) is 0 Å². The summed E-state index contributed by atoms with van der Waals surface area (Å²) >= 11 is 0. The second kappa shape index (κ2) is 6.47. The molecule has 0 rings (SSSR count). The van der Waals surface area contributed by atoms with Gasteiger partial charge in [-0.3, -0.25) is 0 Å². The third kappa shape index (κ3) is 4.76. The van der Waals surface area contributed by atoms with Crippen LogP contribution in [0.5, 0.6) is 0 Å². The highest BCUT2D eigenvalue weighted by atomic mass is 14.9. The van der Waals surface area contributed by atoms with Crippen molar-refractivity contribution >= 4 is 0 Å². The van der Waals surface area contributed by atoms with E-state index in [1.54, 1.807) is 0 Å². The van der Waals surface area contributed by atoms with Gasteiger partial charge in [0.25, 0.3) is 0 Å². The summed E-state index contributed by atoms with van der Waals surface area (Å²) in [4.78, 5) is 0. The van der Waals surface area contributed by atoms with Crippen LogP contribution in [0.25, 0.3) is 0 Å². The van der Waals surface area contributed by atoms with E-state index in [0.717, 1.165) is 24.4 Å². The van der Waals surface area contributed by atoms with E-state index in [2.05, 4.69) is 39.9 Å². The molecule has 0 aliphatic rings. The summed E-state index contributed by atoms with van der Waals surface area (Å²) in [5.41, 5.74) is 0. The summed E-state index contributed by atoms with van der Waals surface area (Å²) in [7, 11) is 0. The minimum absolute atomic E-state index is 0.720. The number of hydrogen-bond donors (Lipinski definition) is 1. The number of rotatable bonds is 6. The van der Waals surface area contributed by atoms with Crippen LogP contribution >= 0.6 is 0 Å². The van der Waals surface area contributed by atoms with Gasteiger partial charge in [0.2, 0.25) is 0 Å². The average molecular weight is 171 g/mol. The van der Waals surface area contributed by atoms with Gasteiger partial charge in [-0.05, 0) is 24.8 Å². The van der Waals surface area contributed by atoms with Crippen molar-refractivity contribution in [2.24, 2.45) is 11.8 Å². The molecule has 0 spiro atoms. The highest BCUT2D eigenvalue weighted by Crippen LogP contribution is 2.10. The molecule has 0 aromatic carbocycles. The van der Waals surface area contributed by atoms with Crippen LogP contribution in [-0.4, -0.2) is 12.6 Å². The van der Waals surface area contributed by atoms with Crippen molar-refractivity contribution in [2.45, 2.75) is 53.5 Å². The van der Waals surface area contributed by atoms with Crippen LogP contribution in [0.4, 0.5) is 0 Å². The number of hydrogen-bond acceptors (Lipinski definition) is 1. The topological polar surface area (TPSA) is 12.0 Å². The molecule has 1 N–H and O–H groups in total. The van der Waals surface area contributed by atoms with Crippen molar-refractivity contribution in [1.82, 2.24) is 5.32 Å². The third-order valence-corrected chi connectivity index (χ3v) is 2.56. The Morgan fingerprint density at radius 2 is 1.58 bits per heavy atom. The standard InChI is InChI=1S/C11H25N/c1-6-10(5)11(7-2)12-8-9(3)4/h9-12H,6-8H2,1-5H3. The summed E-state index contributed by atoms with van der Waals surface area (Å²) in [6.07, 6.45) is 2.53. The Bertz CT molecular complexity index is 99.2. The van der Waals surface area contributed by atoms with Crippen LogP contribution in [0.1, 0.15) is 47.5 Å². The molecule has 0 amide bonds. The maximum absolute atomic E-state index is 3.62.